The summed E-state index contributed by atoms with van der Waals surface area (Å²) in [5, 5.41) is 3.34. The number of rotatable bonds is 6. The first kappa shape index (κ1) is 12.0. The monoisotopic (exact) mass is 219 g/mol. The van der Waals surface area contributed by atoms with Crippen molar-refractivity contribution < 1.29 is 8.42 Å². The van der Waals surface area contributed by atoms with Gasteiger partial charge in [0.05, 0.1) is 11.5 Å². The van der Waals surface area contributed by atoms with Crippen LogP contribution in [0.15, 0.2) is 0 Å². The molecule has 14 heavy (non-hydrogen) atoms. The zero-order chi connectivity index (χ0) is 10.4. The van der Waals surface area contributed by atoms with Crippen molar-refractivity contribution in [3.8, 4) is 0 Å². The van der Waals surface area contributed by atoms with Gasteiger partial charge in [0.1, 0.15) is 0 Å². The summed E-state index contributed by atoms with van der Waals surface area (Å²) in [5.41, 5.74) is 0. The number of nitrogens with one attached hydrogen (secondary N) is 1. The van der Waals surface area contributed by atoms with Crippen molar-refractivity contribution in [2.45, 2.75) is 32.6 Å². The Hall–Kier alpha value is -0.0900. The van der Waals surface area contributed by atoms with Crippen LogP contribution in [0.4, 0.5) is 0 Å². The van der Waals surface area contributed by atoms with Crippen molar-refractivity contribution in [2.75, 3.05) is 24.6 Å². The van der Waals surface area contributed by atoms with Crippen LogP contribution in [0.5, 0.6) is 0 Å². The van der Waals surface area contributed by atoms with E-state index in [2.05, 4.69) is 12.2 Å². The molecular weight excluding hydrogens is 198 g/mol. The Labute approximate surface area is 87.2 Å². The smallest absolute Gasteiger partial charge is 0.150 e. The fraction of sp³-hybridized carbons (Fsp3) is 1.00. The van der Waals surface area contributed by atoms with Crippen molar-refractivity contribution in [3.63, 3.8) is 0 Å². The minimum absolute atomic E-state index is 0.363. The van der Waals surface area contributed by atoms with Gasteiger partial charge in [-0.2, -0.15) is 0 Å². The van der Waals surface area contributed by atoms with Gasteiger partial charge in [0.2, 0.25) is 0 Å². The lowest BCUT2D eigenvalue weighted by Gasteiger charge is -2.08. The average Bonchev–Trinajstić information content (AvgIpc) is 2.45. The normalized spacial score (nSPS) is 25.4. The molecule has 0 radical (unpaired) electrons. The predicted molar refractivity (Wildman–Crippen MR) is 59.2 cm³/mol. The quantitative estimate of drug-likeness (QED) is 0.683. The Morgan fingerprint density at radius 1 is 1.36 bits per heavy atom. The molecule has 0 saturated carbocycles. The summed E-state index contributed by atoms with van der Waals surface area (Å²) in [6, 6.07) is 0. The van der Waals surface area contributed by atoms with Crippen molar-refractivity contribution in [2.24, 2.45) is 5.92 Å². The lowest BCUT2D eigenvalue weighted by molar-refractivity contribution is 0.509. The lowest BCUT2D eigenvalue weighted by atomic mass is 10.1. The maximum Gasteiger partial charge on any atom is 0.150 e. The van der Waals surface area contributed by atoms with Gasteiger partial charge in [-0.15, -0.1) is 0 Å². The third-order valence-corrected chi connectivity index (χ3v) is 4.55. The first-order valence-corrected chi connectivity index (χ1v) is 7.37. The molecule has 0 aliphatic carbocycles. The van der Waals surface area contributed by atoms with Crippen LogP contribution in [-0.4, -0.2) is 33.0 Å². The van der Waals surface area contributed by atoms with E-state index in [-0.39, 0.29) is 0 Å². The highest BCUT2D eigenvalue weighted by Crippen LogP contribution is 2.17. The van der Waals surface area contributed by atoms with Crippen LogP contribution in [0.1, 0.15) is 32.6 Å². The molecule has 1 fully saturated rings. The van der Waals surface area contributed by atoms with E-state index >= 15 is 0 Å². The summed E-state index contributed by atoms with van der Waals surface area (Å²) in [7, 11) is -2.68. The third-order valence-electron chi connectivity index (χ3n) is 2.72. The molecule has 0 aromatic carbocycles. The van der Waals surface area contributed by atoms with Gasteiger partial charge in [0, 0.05) is 0 Å². The summed E-state index contributed by atoms with van der Waals surface area (Å²) in [4.78, 5) is 0. The summed E-state index contributed by atoms with van der Waals surface area (Å²) >= 11 is 0. The highest BCUT2D eigenvalue weighted by atomic mass is 32.2. The van der Waals surface area contributed by atoms with E-state index in [4.69, 9.17) is 0 Å². The fourth-order valence-electron chi connectivity index (χ4n) is 1.84. The molecule has 1 atom stereocenters. The van der Waals surface area contributed by atoms with E-state index in [0.29, 0.717) is 17.4 Å². The minimum Gasteiger partial charge on any atom is -0.316 e. The molecule has 1 saturated heterocycles. The van der Waals surface area contributed by atoms with E-state index in [0.717, 1.165) is 19.5 Å². The minimum atomic E-state index is -2.68. The van der Waals surface area contributed by atoms with E-state index in [9.17, 15) is 8.42 Å². The molecule has 0 bridgehead atoms. The highest BCUT2D eigenvalue weighted by molar-refractivity contribution is 7.91. The second-order valence-electron chi connectivity index (χ2n) is 4.18. The van der Waals surface area contributed by atoms with Crippen LogP contribution >= 0.6 is 0 Å². The van der Waals surface area contributed by atoms with Crippen molar-refractivity contribution >= 4 is 9.84 Å². The molecule has 0 amide bonds. The summed E-state index contributed by atoms with van der Waals surface area (Å²) in [5.74, 6) is 1.16. The molecule has 1 heterocycles. The second-order valence-corrected chi connectivity index (χ2v) is 6.41. The number of sulfone groups is 1. The Morgan fingerprint density at radius 3 is 2.71 bits per heavy atom. The van der Waals surface area contributed by atoms with E-state index in [1.807, 2.05) is 0 Å². The topological polar surface area (TPSA) is 46.2 Å². The molecule has 1 N–H and O–H groups in total. The first-order chi connectivity index (χ1) is 6.64. The number of hydrogen-bond donors (Lipinski definition) is 1. The predicted octanol–water partition coefficient (Wildman–Crippen LogP) is 1.20. The standard InChI is InChI=1S/C10H21NO2S/c1-2-3-4-6-11-8-10-5-7-14(12,13)9-10/h10-11H,2-9H2,1H3. The van der Waals surface area contributed by atoms with Crippen LogP contribution in [0.3, 0.4) is 0 Å². The molecule has 0 aromatic heterocycles. The van der Waals surface area contributed by atoms with Gasteiger partial charge in [-0.3, -0.25) is 0 Å². The van der Waals surface area contributed by atoms with Crippen LogP contribution in [0.25, 0.3) is 0 Å². The number of hydrogen-bond acceptors (Lipinski definition) is 3. The van der Waals surface area contributed by atoms with Crippen LogP contribution in [-0.2, 0) is 9.84 Å². The van der Waals surface area contributed by atoms with E-state index in [1.54, 1.807) is 0 Å². The van der Waals surface area contributed by atoms with Gasteiger partial charge in [-0.1, -0.05) is 19.8 Å². The van der Waals surface area contributed by atoms with Crippen LogP contribution in [0, 0.1) is 5.92 Å². The van der Waals surface area contributed by atoms with Gasteiger partial charge >= 0.3 is 0 Å². The molecule has 1 aliphatic heterocycles. The van der Waals surface area contributed by atoms with Gasteiger partial charge in [-0.05, 0) is 31.8 Å². The largest absolute Gasteiger partial charge is 0.316 e. The molecule has 3 nitrogen and oxygen atoms in total. The molecule has 1 aliphatic rings. The maximum atomic E-state index is 11.1. The Bertz CT molecular complexity index is 249. The molecule has 1 rings (SSSR count). The summed E-state index contributed by atoms with van der Waals surface area (Å²) in [6.45, 7) is 4.09. The zero-order valence-corrected chi connectivity index (χ0v) is 9.78. The van der Waals surface area contributed by atoms with Crippen LogP contribution in [0.2, 0.25) is 0 Å². The van der Waals surface area contributed by atoms with Crippen molar-refractivity contribution in [1.29, 1.82) is 0 Å². The van der Waals surface area contributed by atoms with Gasteiger partial charge in [-0.25, -0.2) is 8.42 Å². The Kier molecular flexibility index (Phi) is 4.89. The second kappa shape index (κ2) is 5.71. The molecule has 84 valence electrons. The average molecular weight is 219 g/mol. The summed E-state index contributed by atoms with van der Waals surface area (Å²) in [6.07, 6.45) is 4.55. The SMILES string of the molecule is CCCCCNCC1CCS(=O)(=O)C1. The van der Waals surface area contributed by atoms with E-state index < -0.39 is 9.84 Å². The molecule has 0 spiro atoms. The maximum absolute atomic E-state index is 11.1. The molecule has 0 aromatic rings. The molecular formula is C10H21NO2S. The molecule has 1 unspecified atom stereocenters. The Balaban J connectivity index is 2.03. The lowest BCUT2D eigenvalue weighted by Crippen LogP contribution is -2.24. The fourth-order valence-corrected chi connectivity index (χ4v) is 3.70. The summed E-state index contributed by atoms with van der Waals surface area (Å²) < 4.78 is 22.3. The zero-order valence-electron chi connectivity index (χ0n) is 8.96. The Morgan fingerprint density at radius 2 is 2.14 bits per heavy atom. The van der Waals surface area contributed by atoms with Crippen molar-refractivity contribution in [1.82, 2.24) is 5.32 Å². The van der Waals surface area contributed by atoms with E-state index in [1.165, 1.54) is 19.3 Å². The highest BCUT2D eigenvalue weighted by Gasteiger charge is 2.26. The van der Waals surface area contributed by atoms with Gasteiger partial charge in [0.25, 0.3) is 0 Å². The molecule has 4 heteroatoms. The number of unbranched alkanes of at least 4 members (excludes halogenated alkanes) is 2. The third kappa shape index (κ3) is 4.42. The van der Waals surface area contributed by atoms with Crippen LogP contribution < -0.4 is 5.32 Å². The van der Waals surface area contributed by atoms with Gasteiger partial charge < -0.3 is 5.32 Å². The van der Waals surface area contributed by atoms with Gasteiger partial charge in [0.15, 0.2) is 9.84 Å². The first-order valence-electron chi connectivity index (χ1n) is 5.55. The van der Waals surface area contributed by atoms with Crippen molar-refractivity contribution in [3.05, 3.63) is 0 Å².